The molecule has 0 spiro atoms. The van der Waals surface area contributed by atoms with Gasteiger partial charge in [0.1, 0.15) is 5.75 Å². The van der Waals surface area contributed by atoms with Crippen molar-refractivity contribution in [1.82, 2.24) is 14.8 Å². The molecule has 134 valence electrons. The number of carbonyl (C=O) groups is 1. The minimum absolute atomic E-state index is 0.0341. The van der Waals surface area contributed by atoms with Crippen LogP contribution in [0.5, 0.6) is 5.75 Å². The average Bonchev–Trinajstić information content (AvgIpc) is 2.97. The van der Waals surface area contributed by atoms with Gasteiger partial charge >= 0.3 is 0 Å². The van der Waals surface area contributed by atoms with Gasteiger partial charge in [0.2, 0.25) is 5.91 Å². The van der Waals surface area contributed by atoms with Crippen LogP contribution in [0.2, 0.25) is 5.02 Å². The number of hydrogen-bond donors (Lipinski definition) is 2. The summed E-state index contributed by atoms with van der Waals surface area (Å²) in [7, 11) is 1.86. The topological polar surface area (TPSA) is 80.0 Å². The minimum atomic E-state index is -0.271. The van der Waals surface area contributed by atoms with Crippen molar-refractivity contribution in [2.45, 2.75) is 12.1 Å². The molecule has 3 rings (SSSR count). The molecule has 1 heterocycles. The number of nitrogens with one attached hydrogen (secondary N) is 1. The van der Waals surface area contributed by atoms with Crippen molar-refractivity contribution in [3.63, 3.8) is 0 Å². The number of aromatic hydroxyl groups is 1. The standard InChI is InChI=1S/C18H17ClN4O2S/c1-11-4-3-5-12(8-11)17-21-22-18(23(17)2)26-10-16(25)20-14-9-13(19)6-7-15(14)24/h3-9,24H,10H2,1-2H3,(H,20,25). The zero-order valence-electron chi connectivity index (χ0n) is 14.2. The molecule has 0 aliphatic carbocycles. The maximum atomic E-state index is 12.1. The summed E-state index contributed by atoms with van der Waals surface area (Å²) in [6, 6.07) is 12.5. The molecule has 2 N–H and O–H groups in total. The van der Waals surface area contributed by atoms with E-state index in [0.29, 0.717) is 10.2 Å². The van der Waals surface area contributed by atoms with Gasteiger partial charge in [0.15, 0.2) is 11.0 Å². The third-order valence-electron chi connectivity index (χ3n) is 3.68. The van der Waals surface area contributed by atoms with Crippen LogP contribution in [0.1, 0.15) is 5.56 Å². The molecule has 0 saturated carbocycles. The Morgan fingerprint density at radius 1 is 1.27 bits per heavy atom. The largest absolute Gasteiger partial charge is 0.506 e. The molecule has 0 aliphatic heterocycles. The van der Waals surface area contributed by atoms with Gasteiger partial charge in [0.05, 0.1) is 11.4 Å². The smallest absolute Gasteiger partial charge is 0.234 e. The van der Waals surface area contributed by atoms with Crippen LogP contribution in [-0.2, 0) is 11.8 Å². The van der Waals surface area contributed by atoms with Gasteiger partial charge in [-0.25, -0.2) is 0 Å². The minimum Gasteiger partial charge on any atom is -0.506 e. The van der Waals surface area contributed by atoms with Crippen LogP contribution in [0.3, 0.4) is 0 Å². The number of benzene rings is 2. The number of anilines is 1. The molecule has 0 saturated heterocycles. The number of aryl methyl sites for hydroxylation is 1. The van der Waals surface area contributed by atoms with Crippen molar-refractivity contribution < 1.29 is 9.90 Å². The number of amides is 1. The second kappa shape index (κ2) is 7.80. The highest BCUT2D eigenvalue weighted by Gasteiger charge is 2.14. The van der Waals surface area contributed by atoms with E-state index in [-0.39, 0.29) is 23.1 Å². The Labute approximate surface area is 160 Å². The maximum absolute atomic E-state index is 12.1. The van der Waals surface area contributed by atoms with E-state index >= 15 is 0 Å². The van der Waals surface area contributed by atoms with E-state index < -0.39 is 0 Å². The van der Waals surface area contributed by atoms with E-state index in [9.17, 15) is 9.90 Å². The predicted octanol–water partition coefficient (Wildman–Crippen LogP) is 3.88. The zero-order chi connectivity index (χ0) is 18.7. The van der Waals surface area contributed by atoms with Crippen LogP contribution in [-0.4, -0.2) is 31.5 Å². The Bertz CT molecular complexity index is 958. The molecule has 0 unspecified atom stereocenters. The van der Waals surface area contributed by atoms with E-state index in [1.165, 1.54) is 23.9 Å². The monoisotopic (exact) mass is 388 g/mol. The van der Waals surface area contributed by atoms with Crippen molar-refractivity contribution in [2.24, 2.45) is 7.05 Å². The predicted molar refractivity (Wildman–Crippen MR) is 104 cm³/mol. The summed E-state index contributed by atoms with van der Waals surface area (Å²) in [6.07, 6.45) is 0. The van der Waals surface area contributed by atoms with E-state index in [2.05, 4.69) is 15.5 Å². The third kappa shape index (κ3) is 4.17. The second-order valence-corrected chi connectivity index (χ2v) is 7.11. The number of nitrogens with zero attached hydrogens (tertiary/aromatic N) is 3. The van der Waals surface area contributed by atoms with E-state index in [1.807, 2.05) is 42.8 Å². The molecule has 0 bridgehead atoms. The molecule has 1 amide bonds. The number of aromatic nitrogens is 3. The lowest BCUT2D eigenvalue weighted by atomic mass is 10.1. The SMILES string of the molecule is Cc1cccc(-c2nnc(SCC(=O)Nc3cc(Cl)ccc3O)n2C)c1. The molecule has 8 heteroatoms. The molecule has 0 aliphatic rings. The van der Waals surface area contributed by atoms with Crippen LogP contribution in [0.4, 0.5) is 5.69 Å². The van der Waals surface area contributed by atoms with Gasteiger partial charge in [-0.15, -0.1) is 10.2 Å². The highest BCUT2D eigenvalue weighted by molar-refractivity contribution is 7.99. The molecule has 6 nitrogen and oxygen atoms in total. The molecule has 2 aromatic carbocycles. The molecule has 3 aromatic rings. The number of phenols is 1. The van der Waals surface area contributed by atoms with E-state index in [1.54, 1.807) is 6.07 Å². The molecule has 1 aromatic heterocycles. The first-order valence-electron chi connectivity index (χ1n) is 7.81. The highest BCUT2D eigenvalue weighted by atomic mass is 35.5. The fraction of sp³-hybridized carbons (Fsp3) is 0.167. The first-order chi connectivity index (χ1) is 12.4. The van der Waals surface area contributed by atoms with E-state index in [4.69, 9.17) is 11.6 Å². The van der Waals surface area contributed by atoms with Crippen LogP contribution < -0.4 is 5.32 Å². The normalized spacial score (nSPS) is 10.7. The van der Waals surface area contributed by atoms with Gasteiger partial charge < -0.3 is 15.0 Å². The van der Waals surface area contributed by atoms with Crippen molar-refractivity contribution in [3.05, 3.63) is 53.1 Å². The lowest BCUT2D eigenvalue weighted by Gasteiger charge is -2.08. The summed E-state index contributed by atoms with van der Waals surface area (Å²) in [5, 5.41) is 21.8. The van der Waals surface area contributed by atoms with Gasteiger partial charge in [-0.3, -0.25) is 4.79 Å². The van der Waals surface area contributed by atoms with Gasteiger partial charge in [0, 0.05) is 17.6 Å². The van der Waals surface area contributed by atoms with E-state index in [0.717, 1.165) is 17.0 Å². The molecular formula is C18H17ClN4O2S. The van der Waals surface area contributed by atoms with Crippen molar-refractivity contribution in [2.75, 3.05) is 11.1 Å². The summed E-state index contributed by atoms with van der Waals surface area (Å²) in [4.78, 5) is 12.1. The van der Waals surface area contributed by atoms with Crippen molar-refractivity contribution >= 4 is 35.0 Å². The van der Waals surface area contributed by atoms with Crippen LogP contribution in [0, 0.1) is 6.92 Å². The van der Waals surface area contributed by atoms with Gasteiger partial charge in [-0.05, 0) is 31.2 Å². The number of hydrogen-bond acceptors (Lipinski definition) is 5. The quantitative estimate of drug-likeness (QED) is 0.512. The maximum Gasteiger partial charge on any atom is 0.234 e. The fourth-order valence-corrected chi connectivity index (χ4v) is 3.28. The van der Waals surface area contributed by atoms with Gasteiger partial charge in [-0.1, -0.05) is 47.1 Å². The van der Waals surface area contributed by atoms with Crippen molar-refractivity contribution in [3.8, 4) is 17.1 Å². The van der Waals surface area contributed by atoms with Crippen LogP contribution in [0.15, 0.2) is 47.6 Å². The number of rotatable bonds is 5. The van der Waals surface area contributed by atoms with Crippen molar-refractivity contribution in [1.29, 1.82) is 0 Å². The first-order valence-corrected chi connectivity index (χ1v) is 9.18. The Hall–Kier alpha value is -2.51. The molecule has 0 atom stereocenters. The number of halogens is 1. The Morgan fingerprint density at radius 2 is 2.08 bits per heavy atom. The van der Waals surface area contributed by atoms with Crippen LogP contribution >= 0.6 is 23.4 Å². The number of carbonyl (C=O) groups excluding carboxylic acids is 1. The Kier molecular flexibility index (Phi) is 5.49. The third-order valence-corrected chi connectivity index (χ3v) is 4.93. The molecule has 0 radical (unpaired) electrons. The second-order valence-electron chi connectivity index (χ2n) is 5.73. The summed E-state index contributed by atoms with van der Waals surface area (Å²) >= 11 is 7.14. The molecular weight excluding hydrogens is 372 g/mol. The molecule has 26 heavy (non-hydrogen) atoms. The summed E-state index contributed by atoms with van der Waals surface area (Å²) < 4.78 is 1.85. The summed E-state index contributed by atoms with van der Waals surface area (Å²) in [6.45, 7) is 2.02. The lowest BCUT2D eigenvalue weighted by Crippen LogP contribution is -2.14. The van der Waals surface area contributed by atoms with Gasteiger partial charge in [0.25, 0.3) is 0 Å². The fourth-order valence-electron chi connectivity index (χ4n) is 2.40. The Morgan fingerprint density at radius 3 is 2.85 bits per heavy atom. The Balaban J connectivity index is 1.67. The van der Waals surface area contributed by atoms with Gasteiger partial charge in [-0.2, -0.15) is 0 Å². The first kappa shape index (κ1) is 18.3. The highest BCUT2D eigenvalue weighted by Crippen LogP contribution is 2.27. The average molecular weight is 389 g/mol. The number of phenolic OH excluding ortho intramolecular Hbond substituents is 1. The summed E-state index contributed by atoms with van der Waals surface area (Å²) in [5.74, 6) is 0.566. The summed E-state index contributed by atoms with van der Waals surface area (Å²) in [5.41, 5.74) is 2.39. The zero-order valence-corrected chi connectivity index (χ0v) is 15.8. The molecule has 0 fully saturated rings. The van der Waals surface area contributed by atoms with Crippen LogP contribution in [0.25, 0.3) is 11.4 Å². The lowest BCUT2D eigenvalue weighted by molar-refractivity contribution is -0.113. The number of thioether (sulfide) groups is 1.